The summed E-state index contributed by atoms with van der Waals surface area (Å²) >= 11 is 6.86. The van der Waals surface area contributed by atoms with E-state index in [1.54, 1.807) is 24.3 Å². The van der Waals surface area contributed by atoms with Crippen LogP contribution in [0.3, 0.4) is 0 Å². The molecule has 1 amide bonds. The van der Waals surface area contributed by atoms with Crippen molar-refractivity contribution in [2.75, 3.05) is 0 Å². The third kappa shape index (κ3) is 2.87. The molecule has 0 bridgehead atoms. The second kappa shape index (κ2) is 4.89. The number of carbonyl (C=O) groups is 2. The van der Waals surface area contributed by atoms with Crippen LogP contribution in [0.2, 0.25) is 5.02 Å². The predicted molar refractivity (Wildman–Crippen MR) is 68.4 cm³/mol. The number of nitrogens with two attached hydrogens (primary N) is 1. The van der Waals surface area contributed by atoms with E-state index in [2.05, 4.69) is 4.99 Å². The number of hydrogen-bond acceptors (Lipinski definition) is 4. The van der Waals surface area contributed by atoms with Gasteiger partial charge < -0.3 is 5.73 Å². The maximum Gasteiger partial charge on any atom is 0.262 e. The molecule has 1 atom stereocenters. The first-order valence-corrected chi connectivity index (χ1v) is 6.15. The molecule has 0 saturated heterocycles. The fourth-order valence-electron chi connectivity index (χ4n) is 1.45. The normalized spacial score (nSPS) is 19.2. The molecule has 2 rings (SSSR count). The Morgan fingerprint density at radius 3 is 2.59 bits per heavy atom. The number of rotatable bonds is 3. The van der Waals surface area contributed by atoms with Crippen LogP contribution < -0.4 is 5.73 Å². The minimum Gasteiger partial charge on any atom is -0.378 e. The summed E-state index contributed by atoms with van der Waals surface area (Å²) in [6.07, 6.45) is 0.106. The monoisotopic (exact) mass is 268 g/mol. The largest absolute Gasteiger partial charge is 0.378 e. The number of halogens is 1. The van der Waals surface area contributed by atoms with E-state index in [1.807, 2.05) is 0 Å². The molecule has 0 aromatic heterocycles. The van der Waals surface area contributed by atoms with E-state index in [1.165, 1.54) is 0 Å². The van der Waals surface area contributed by atoms with Gasteiger partial charge >= 0.3 is 0 Å². The maximum atomic E-state index is 11.9. The highest BCUT2D eigenvalue weighted by molar-refractivity contribution is 8.15. The lowest BCUT2D eigenvalue weighted by Gasteiger charge is -2.05. The highest BCUT2D eigenvalue weighted by Crippen LogP contribution is 2.24. The van der Waals surface area contributed by atoms with Crippen LogP contribution in [-0.4, -0.2) is 22.1 Å². The van der Waals surface area contributed by atoms with Gasteiger partial charge in [0, 0.05) is 17.0 Å². The molecule has 2 N–H and O–H groups in total. The first-order valence-electron chi connectivity index (χ1n) is 4.89. The number of amidine groups is 1. The Balaban J connectivity index is 2.03. The van der Waals surface area contributed by atoms with E-state index in [-0.39, 0.29) is 23.3 Å². The number of benzene rings is 1. The Labute approximate surface area is 107 Å². The summed E-state index contributed by atoms with van der Waals surface area (Å²) in [4.78, 5) is 26.8. The molecule has 0 aliphatic carbocycles. The van der Waals surface area contributed by atoms with Gasteiger partial charge in [-0.05, 0) is 24.3 Å². The fraction of sp³-hybridized carbons (Fsp3) is 0.182. The molecule has 0 radical (unpaired) electrons. The third-order valence-corrected chi connectivity index (χ3v) is 3.53. The van der Waals surface area contributed by atoms with Gasteiger partial charge in [0.2, 0.25) is 0 Å². The summed E-state index contributed by atoms with van der Waals surface area (Å²) in [5.41, 5.74) is 5.95. The summed E-state index contributed by atoms with van der Waals surface area (Å²) in [6.45, 7) is 0. The minimum atomic E-state index is -0.488. The molecule has 88 valence electrons. The molecule has 1 aliphatic rings. The molecule has 1 aliphatic heterocycles. The first kappa shape index (κ1) is 12.1. The van der Waals surface area contributed by atoms with Crippen molar-refractivity contribution in [3.05, 3.63) is 34.9 Å². The Morgan fingerprint density at radius 1 is 1.41 bits per heavy atom. The highest BCUT2D eigenvalue weighted by Gasteiger charge is 2.29. The summed E-state index contributed by atoms with van der Waals surface area (Å²) < 4.78 is 0. The van der Waals surface area contributed by atoms with Crippen molar-refractivity contribution in [2.45, 2.75) is 11.7 Å². The van der Waals surface area contributed by atoms with Gasteiger partial charge in [0.1, 0.15) is 5.25 Å². The average molecular weight is 269 g/mol. The molecular formula is C11H9ClN2O2S. The Kier molecular flexibility index (Phi) is 3.49. The number of nitrogens with zero attached hydrogens (tertiary/aromatic N) is 1. The van der Waals surface area contributed by atoms with Gasteiger partial charge in [-0.15, -0.1) is 0 Å². The number of ketones is 1. The number of hydrogen-bond donors (Lipinski definition) is 1. The minimum absolute atomic E-state index is 0.106. The zero-order valence-electron chi connectivity index (χ0n) is 8.72. The van der Waals surface area contributed by atoms with Crippen LogP contribution in [0.1, 0.15) is 16.8 Å². The average Bonchev–Trinajstić information content (AvgIpc) is 2.58. The van der Waals surface area contributed by atoms with Gasteiger partial charge in [-0.1, -0.05) is 23.4 Å². The van der Waals surface area contributed by atoms with E-state index in [4.69, 9.17) is 17.3 Å². The Hall–Kier alpha value is -1.33. The second-order valence-electron chi connectivity index (χ2n) is 3.53. The molecule has 0 fully saturated rings. The van der Waals surface area contributed by atoms with Crippen LogP contribution in [0.4, 0.5) is 0 Å². The standard InChI is InChI=1S/C11H9ClN2O2S/c12-7-3-1-6(2-4-7)8(15)5-9-10(16)14-11(13)17-9/h1-4,9H,5H2,(H2,13,14,16)/t9-/m1/s1. The van der Waals surface area contributed by atoms with Crippen molar-refractivity contribution in [2.24, 2.45) is 10.7 Å². The maximum absolute atomic E-state index is 11.9. The number of Topliss-reactive ketones (excluding diaryl/α,β-unsaturated/α-hetero) is 1. The van der Waals surface area contributed by atoms with E-state index < -0.39 is 5.25 Å². The van der Waals surface area contributed by atoms with E-state index >= 15 is 0 Å². The smallest absolute Gasteiger partial charge is 0.262 e. The topological polar surface area (TPSA) is 72.5 Å². The van der Waals surface area contributed by atoms with Crippen molar-refractivity contribution in [1.29, 1.82) is 0 Å². The molecule has 0 spiro atoms. The Bertz CT molecular complexity index is 499. The Morgan fingerprint density at radius 2 is 2.06 bits per heavy atom. The zero-order valence-corrected chi connectivity index (χ0v) is 10.3. The molecular weight excluding hydrogens is 260 g/mol. The van der Waals surface area contributed by atoms with E-state index in [9.17, 15) is 9.59 Å². The van der Waals surface area contributed by atoms with Gasteiger partial charge in [0.15, 0.2) is 11.0 Å². The zero-order chi connectivity index (χ0) is 12.4. The number of amides is 1. The van der Waals surface area contributed by atoms with Gasteiger partial charge in [0.25, 0.3) is 5.91 Å². The highest BCUT2D eigenvalue weighted by atomic mass is 35.5. The van der Waals surface area contributed by atoms with Gasteiger partial charge in [-0.3, -0.25) is 9.59 Å². The molecule has 0 unspecified atom stereocenters. The number of aliphatic imine (C=N–C) groups is 1. The molecule has 1 aromatic rings. The van der Waals surface area contributed by atoms with Gasteiger partial charge in [-0.25, -0.2) is 0 Å². The van der Waals surface area contributed by atoms with Crippen molar-refractivity contribution < 1.29 is 9.59 Å². The summed E-state index contributed by atoms with van der Waals surface area (Å²) in [6, 6.07) is 6.56. The lowest BCUT2D eigenvalue weighted by molar-refractivity contribution is -0.117. The number of thioether (sulfide) groups is 1. The van der Waals surface area contributed by atoms with Gasteiger partial charge in [-0.2, -0.15) is 4.99 Å². The molecule has 6 heteroatoms. The molecule has 1 heterocycles. The molecule has 0 saturated carbocycles. The van der Waals surface area contributed by atoms with Crippen LogP contribution >= 0.6 is 23.4 Å². The quantitative estimate of drug-likeness (QED) is 0.850. The third-order valence-electron chi connectivity index (χ3n) is 2.30. The van der Waals surface area contributed by atoms with Gasteiger partial charge in [0.05, 0.1) is 0 Å². The lowest BCUT2D eigenvalue weighted by Crippen LogP contribution is -2.16. The summed E-state index contributed by atoms with van der Waals surface area (Å²) in [5.74, 6) is -0.452. The van der Waals surface area contributed by atoms with Crippen LogP contribution in [-0.2, 0) is 4.79 Å². The first-order chi connectivity index (χ1) is 8.06. The molecule has 17 heavy (non-hydrogen) atoms. The lowest BCUT2D eigenvalue weighted by atomic mass is 10.1. The van der Waals surface area contributed by atoms with Crippen molar-refractivity contribution in [3.8, 4) is 0 Å². The number of carbonyl (C=O) groups excluding carboxylic acids is 2. The van der Waals surface area contributed by atoms with Crippen LogP contribution in [0.25, 0.3) is 0 Å². The SMILES string of the molecule is NC1=NC(=O)[C@@H](CC(=O)c2ccc(Cl)cc2)S1. The fourth-order valence-corrected chi connectivity index (χ4v) is 2.40. The van der Waals surface area contributed by atoms with Crippen LogP contribution in [0.15, 0.2) is 29.3 Å². The summed E-state index contributed by atoms with van der Waals surface area (Å²) in [5, 5.41) is 0.308. The van der Waals surface area contributed by atoms with E-state index in [0.717, 1.165) is 11.8 Å². The van der Waals surface area contributed by atoms with Crippen molar-refractivity contribution >= 4 is 40.2 Å². The van der Waals surface area contributed by atoms with Crippen LogP contribution in [0, 0.1) is 0 Å². The predicted octanol–water partition coefficient (Wildman–Crippen LogP) is 1.87. The molecule has 1 aromatic carbocycles. The second-order valence-corrected chi connectivity index (χ2v) is 5.19. The molecule has 4 nitrogen and oxygen atoms in total. The van der Waals surface area contributed by atoms with E-state index in [0.29, 0.717) is 10.6 Å². The van der Waals surface area contributed by atoms with Crippen molar-refractivity contribution in [3.63, 3.8) is 0 Å². The van der Waals surface area contributed by atoms with Crippen molar-refractivity contribution in [1.82, 2.24) is 0 Å². The van der Waals surface area contributed by atoms with Crippen LogP contribution in [0.5, 0.6) is 0 Å². The summed E-state index contributed by atoms with van der Waals surface area (Å²) in [7, 11) is 0.